The fraction of sp³-hybridized carbons (Fsp3) is 0.318. The molecule has 3 aromatic rings. The Bertz CT molecular complexity index is 951. The number of aromatic nitrogens is 3. The molecule has 0 aliphatic heterocycles. The highest BCUT2D eigenvalue weighted by Crippen LogP contribution is 2.40. The van der Waals surface area contributed by atoms with Crippen LogP contribution < -0.4 is 4.74 Å². The predicted molar refractivity (Wildman–Crippen MR) is 110 cm³/mol. The topological polar surface area (TPSA) is 57.0 Å². The summed E-state index contributed by atoms with van der Waals surface area (Å²) in [6, 6.07) is 17.8. The summed E-state index contributed by atoms with van der Waals surface area (Å²) in [5.41, 5.74) is 1.87. The van der Waals surface area contributed by atoms with Crippen molar-refractivity contribution in [2.45, 2.75) is 37.4 Å². The minimum Gasteiger partial charge on any atom is -0.492 e. The third-order valence-electron chi connectivity index (χ3n) is 4.71. The second-order valence-electron chi connectivity index (χ2n) is 6.94. The van der Waals surface area contributed by atoms with E-state index in [1.54, 1.807) is 24.8 Å². The Balaban J connectivity index is 1.41. The van der Waals surface area contributed by atoms with Crippen LogP contribution in [0.25, 0.3) is 0 Å². The number of hydrogen-bond acceptors (Lipinski definition) is 5. The van der Waals surface area contributed by atoms with Gasteiger partial charge in [-0.1, -0.05) is 54.2 Å². The molecule has 1 aliphatic rings. The Morgan fingerprint density at radius 1 is 1.11 bits per heavy atom. The van der Waals surface area contributed by atoms with Gasteiger partial charge in [-0.2, -0.15) is 0 Å². The van der Waals surface area contributed by atoms with Gasteiger partial charge in [0.1, 0.15) is 11.6 Å². The first kappa shape index (κ1) is 18.7. The number of nitrogens with zero attached hydrogens (tertiary/aromatic N) is 3. The molecule has 1 saturated carbocycles. The lowest BCUT2D eigenvalue weighted by molar-refractivity contribution is 0.101. The lowest BCUT2D eigenvalue weighted by Gasteiger charge is -2.11. The largest absolute Gasteiger partial charge is 0.492 e. The summed E-state index contributed by atoms with van der Waals surface area (Å²) >= 11 is 1.65. The van der Waals surface area contributed by atoms with E-state index >= 15 is 0 Å². The first-order valence-corrected chi connectivity index (χ1v) is 10.5. The number of benzene rings is 2. The molecule has 0 radical (unpaired) electrons. The molecule has 0 saturated heterocycles. The van der Waals surface area contributed by atoms with Crippen LogP contribution in [0.15, 0.2) is 59.8 Å². The van der Waals surface area contributed by atoms with E-state index in [1.165, 1.54) is 18.4 Å². The molecule has 28 heavy (non-hydrogen) atoms. The maximum Gasteiger partial charge on any atom is 0.191 e. The molecule has 2 aromatic carbocycles. The zero-order valence-electron chi connectivity index (χ0n) is 15.9. The molecule has 0 atom stereocenters. The molecule has 0 amide bonds. The quantitative estimate of drug-likeness (QED) is 0.303. The van der Waals surface area contributed by atoms with Gasteiger partial charge in [-0.3, -0.25) is 4.79 Å². The minimum atomic E-state index is 0.0138. The first-order valence-electron chi connectivity index (χ1n) is 9.55. The van der Waals surface area contributed by atoms with Crippen molar-refractivity contribution in [3.8, 4) is 5.75 Å². The molecule has 1 fully saturated rings. The van der Waals surface area contributed by atoms with Gasteiger partial charge in [0.05, 0.1) is 18.7 Å². The Morgan fingerprint density at radius 2 is 1.86 bits per heavy atom. The van der Waals surface area contributed by atoms with Crippen molar-refractivity contribution in [1.29, 1.82) is 0 Å². The van der Waals surface area contributed by atoms with Crippen molar-refractivity contribution >= 4 is 17.5 Å². The molecule has 0 N–H and O–H groups in total. The molecule has 5 nitrogen and oxygen atoms in total. The number of thioether (sulfide) groups is 1. The predicted octanol–water partition coefficient (Wildman–Crippen LogP) is 4.58. The molecule has 0 bridgehead atoms. The normalized spacial score (nSPS) is 13.5. The van der Waals surface area contributed by atoms with E-state index in [9.17, 15) is 4.79 Å². The average molecular weight is 394 g/mol. The maximum atomic E-state index is 11.7. The van der Waals surface area contributed by atoms with Crippen LogP contribution >= 0.6 is 11.8 Å². The molecule has 6 heteroatoms. The molecular weight excluding hydrogens is 370 g/mol. The summed E-state index contributed by atoms with van der Waals surface area (Å²) in [5, 5.41) is 9.81. The first-order chi connectivity index (χ1) is 13.7. The van der Waals surface area contributed by atoms with Crippen molar-refractivity contribution in [1.82, 2.24) is 14.8 Å². The second-order valence-corrected chi connectivity index (χ2v) is 8.00. The summed E-state index contributed by atoms with van der Waals surface area (Å²) in [4.78, 5) is 11.7. The highest BCUT2D eigenvalue weighted by atomic mass is 32.2. The number of carbonyl (C=O) groups is 1. The fourth-order valence-corrected chi connectivity index (χ4v) is 3.89. The van der Waals surface area contributed by atoms with Gasteiger partial charge < -0.3 is 9.30 Å². The van der Waals surface area contributed by atoms with Crippen LogP contribution in [0, 0.1) is 0 Å². The van der Waals surface area contributed by atoms with Crippen LogP contribution in [0.4, 0.5) is 0 Å². The van der Waals surface area contributed by atoms with Crippen molar-refractivity contribution in [3.63, 3.8) is 0 Å². The Morgan fingerprint density at radius 3 is 2.61 bits per heavy atom. The van der Waals surface area contributed by atoms with E-state index in [2.05, 4.69) is 39.0 Å². The monoisotopic (exact) mass is 393 g/mol. The Hall–Kier alpha value is -2.60. The van der Waals surface area contributed by atoms with Crippen LogP contribution in [-0.2, 0) is 6.54 Å². The number of rotatable bonds is 9. The fourth-order valence-electron chi connectivity index (χ4n) is 3.13. The van der Waals surface area contributed by atoms with E-state index in [1.807, 2.05) is 24.3 Å². The van der Waals surface area contributed by atoms with Crippen molar-refractivity contribution in [2.75, 3.05) is 12.4 Å². The van der Waals surface area contributed by atoms with Crippen molar-refractivity contribution in [3.05, 3.63) is 71.5 Å². The van der Waals surface area contributed by atoms with Gasteiger partial charge >= 0.3 is 0 Å². The molecule has 1 heterocycles. The van der Waals surface area contributed by atoms with E-state index in [0.29, 0.717) is 23.8 Å². The number of para-hydroxylation sites is 1. The zero-order valence-corrected chi connectivity index (χ0v) is 16.7. The van der Waals surface area contributed by atoms with Crippen LogP contribution in [0.2, 0.25) is 0 Å². The summed E-state index contributed by atoms with van der Waals surface area (Å²) in [5.74, 6) is 3.03. The number of hydrogen-bond donors (Lipinski definition) is 0. The summed E-state index contributed by atoms with van der Waals surface area (Å²) in [6.07, 6.45) is 2.39. The van der Waals surface area contributed by atoms with E-state index in [-0.39, 0.29) is 5.78 Å². The Labute approximate surface area is 169 Å². The third kappa shape index (κ3) is 4.44. The second kappa shape index (κ2) is 8.61. The van der Waals surface area contributed by atoms with Gasteiger partial charge in [0.25, 0.3) is 0 Å². The number of ketones is 1. The van der Waals surface area contributed by atoms with Gasteiger partial charge in [-0.15, -0.1) is 10.2 Å². The molecule has 0 unspecified atom stereocenters. The van der Waals surface area contributed by atoms with Crippen molar-refractivity contribution in [2.24, 2.45) is 0 Å². The summed E-state index contributed by atoms with van der Waals surface area (Å²) in [6.45, 7) is 2.85. The smallest absolute Gasteiger partial charge is 0.191 e. The minimum absolute atomic E-state index is 0.0138. The summed E-state index contributed by atoms with van der Waals surface area (Å²) in [7, 11) is 0. The number of carbonyl (C=O) groups excluding carboxylic acids is 1. The number of ether oxygens (including phenoxy) is 1. The highest BCUT2D eigenvalue weighted by Gasteiger charge is 2.30. The molecule has 0 spiro atoms. The summed E-state index contributed by atoms with van der Waals surface area (Å²) < 4.78 is 8.08. The van der Waals surface area contributed by atoms with Gasteiger partial charge in [0.2, 0.25) is 0 Å². The van der Waals surface area contributed by atoms with Gasteiger partial charge in [-0.05, 0) is 37.5 Å². The van der Waals surface area contributed by atoms with E-state index in [4.69, 9.17) is 4.74 Å². The highest BCUT2D eigenvalue weighted by molar-refractivity contribution is 7.99. The molecular formula is C22H23N3O2S. The number of Topliss-reactive ketones (excluding diaryl/α,β-unsaturated/α-hetero) is 1. The van der Waals surface area contributed by atoms with Crippen LogP contribution in [0.3, 0.4) is 0 Å². The van der Waals surface area contributed by atoms with Gasteiger partial charge in [0, 0.05) is 11.7 Å². The molecule has 144 valence electrons. The third-order valence-corrected chi connectivity index (χ3v) is 5.64. The lowest BCUT2D eigenvalue weighted by atomic mass is 10.1. The molecule has 1 aromatic heterocycles. The van der Waals surface area contributed by atoms with Crippen LogP contribution in [-0.4, -0.2) is 32.9 Å². The standard InChI is InChI=1S/C22H23N3O2S/c1-16(26)19-9-5-6-10-20(19)27-13-14-28-22-24-23-21(18-11-12-18)25(22)15-17-7-3-2-4-8-17/h2-10,18H,11-15H2,1H3. The van der Waals surface area contributed by atoms with E-state index in [0.717, 1.165) is 23.3 Å². The van der Waals surface area contributed by atoms with Crippen molar-refractivity contribution < 1.29 is 9.53 Å². The Kier molecular flexibility index (Phi) is 5.76. The van der Waals surface area contributed by atoms with Crippen LogP contribution in [0.1, 0.15) is 47.4 Å². The maximum absolute atomic E-state index is 11.7. The van der Waals surface area contributed by atoms with Crippen LogP contribution in [0.5, 0.6) is 5.75 Å². The molecule has 1 aliphatic carbocycles. The average Bonchev–Trinajstić information content (AvgIpc) is 3.48. The SMILES string of the molecule is CC(=O)c1ccccc1OCCSc1nnc(C2CC2)n1Cc1ccccc1. The van der Waals surface area contributed by atoms with E-state index < -0.39 is 0 Å². The lowest BCUT2D eigenvalue weighted by Crippen LogP contribution is -2.08. The molecule has 4 rings (SSSR count). The van der Waals surface area contributed by atoms with Gasteiger partial charge in [0.15, 0.2) is 10.9 Å². The zero-order chi connectivity index (χ0) is 19.3. The van der Waals surface area contributed by atoms with Gasteiger partial charge in [-0.25, -0.2) is 0 Å².